The second-order valence-corrected chi connectivity index (χ2v) is 3.65. The molecule has 0 spiro atoms. The Hall–Kier alpha value is -0.120. The molecular formula is C9H22N2O. The van der Waals surface area contributed by atoms with Crippen molar-refractivity contribution in [3.05, 3.63) is 0 Å². The van der Waals surface area contributed by atoms with Crippen LogP contribution in [0.3, 0.4) is 0 Å². The van der Waals surface area contributed by atoms with Gasteiger partial charge in [0.2, 0.25) is 0 Å². The first-order valence-electron chi connectivity index (χ1n) is 4.54. The highest BCUT2D eigenvalue weighted by atomic mass is 16.5. The summed E-state index contributed by atoms with van der Waals surface area (Å²) in [5.74, 6) is 0. The molecule has 0 saturated heterocycles. The monoisotopic (exact) mass is 174 g/mol. The Bertz CT molecular complexity index is 119. The maximum absolute atomic E-state index is 5.65. The molecule has 0 radical (unpaired) electrons. The van der Waals surface area contributed by atoms with E-state index in [0.29, 0.717) is 19.2 Å². The number of hydrogen-bond donors (Lipinski definition) is 2. The van der Waals surface area contributed by atoms with Gasteiger partial charge in [-0.25, -0.2) is 0 Å². The van der Waals surface area contributed by atoms with Gasteiger partial charge in [-0.1, -0.05) is 6.92 Å². The first-order chi connectivity index (χ1) is 5.58. The molecule has 0 aromatic carbocycles. The van der Waals surface area contributed by atoms with E-state index in [9.17, 15) is 0 Å². The van der Waals surface area contributed by atoms with Gasteiger partial charge in [0.05, 0.1) is 12.1 Å². The fourth-order valence-electron chi connectivity index (χ4n) is 1.18. The summed E-state index contributed by atoms with van der Waals surface area (Å²) >= 11 is 0. The third kappa shape index (κ3) is 4.04. The molecule has 0 aromatic heterocycles. The number of nitrogens with two attached hydrogens (primary N) is 1. The molecule has 0 aliphatic heterocycles. The zero-order valence-electron chi connectivity index (χ0n) is 8.68. The van der Waals surface area contributed by atoms with E-state index in [4.69, 9.17) is 10.5 Å². The van der Waals surface area contributed by atoms with Gasteiger partial charge in [-0.2, -0.15) is 0 Å². The van der Waals surface area contributed by atoms with Crippen molar-refractivity contribution in [2.24, 2.45) is 5.73 Å². The molecule has 0 fully saturated rings. The van der Waals surface area contributed by atoms with Gasteiger partial charge in [0.25, 0.3) is 0 Å². The highest BCUT2D eigenvalue weighted by Gasteiger charge is 2.23. The summed E-state index contributed by atoms with van der Waals surface area (Å²) in [6.07, 6.45) is 1.11. The predicted molar refractivity (Wildman–Crippen MR) is 52.2 cm³/mol. The molecule has 0 aliphatic rings. The second kappa shape index (κ2) is 5.51. The normalized spacial score (nSPS) is 18.8. The van der Waals surface area contributed by atoms with Gasteiger partial charge < -0.3 is 15.8 Å². The Morgan fingerprint density at radius 2 is 2.17 bits per heavy atom. The Morgan fingerprint density at radius 1 is 1.58 bits per heavy atom. The molecule has 0 rings (SSSR count). The summed E-state index contributed by atoms with van der Waals surface area (Å²) in [7, 11) is 1.70. The first-order valence-corrected chi connectivity index (χ1v) is 4.54. The number of nitrogens with one attached hydrogen (secondary N) is 1. The molecule has 0 aliphatic carbocycles. The molecule has 3 N–H and O–H groups in total. The molecule has 2 unspecified atom stereocenters. The molecule has 0 saturated carbocycles. The van der Waals surface area contributed by atoms with Crippen LogP contribution in [0.25, 0.3) is 0 Å². The van der Waals surface area contributed by atoms with Crippen LogP contribution in [-0.2, 0) is 4.74 Å². The molecule has 0 amide bonds. The van der Waals surface area contributed by atoms with Gasteiger partial charge in [0.15, 0.2) is 0 Å². The Balaban J connectivity index is 3.94. The lowest BCUT2D eigenvalue weighted by Gasteiger charge is -2.31. The van der Waals surface area contributed by atoms with Crippen molar-refractivity contribution in [1.82, 2.24) is 5.32 Å². The van der Waals surface area contributed by atoms with E-state index < -0.39 is 0 Å². The van der Waals surface area contributed by atoms with E-state index in [1.54, 1.807) is 7.11 Å². The smallest absolute Gasteiger partial charge is 0.0654 e. The van der Waals surface area contributed by atoms with Gasteiger partial charge in [-0.15, -0.1) is 0 Å². The standard InChI is InChI=1S/C9H22N2O/c1-5-8(2)11-9(3,6-10)7-12-4/h8,11H,5-7,10H2,1-4H3. The predicted octanol–water partition coefficient (Wildman–Crippen LogP) is 0.738. The largest absolute Gasteiger partial charge is 0.383 e. The van der Waals surface area contributed by atoms with E-state index >= 15 is 0 Å². The summed E-state index contributed by atoms with van der Waals surface area (Å²) in [4.78, 5) is 0. The minimum atomic E-state index is -0.0792. The van der Waals surface area contributed by atoms with E-state index in [1.807, 2.05) is 0 Å². The van der Waals surface area contributed by atoms with Gasteiger partial charge in [-0.05, 0) is 20.3 Å². The molecule has 0 aromatic rings. The van der Waals surface area contributed by atoms with Crippen LogP contribution in [0, 0.1) is 0 Å². The molecule has 12 heavy (non-hydrogen) atoms. The van der Waals surface area contributed by atoms with Gasteiger partial charge in [0.1, 0.15) is 0 Å². The average molecular weight is 174 g/mol. The number of methoxy groups -OCH3 is 1. The highest BCUT2D eigenvalue weighted by molar-refractivity contribution is 4.85. The molecule has 3 nitrogen and oxygen atoms in total. The average Bonchev–Trinajstić information content (AvgIpc) is 2.05. The Kier molecular flexibility index (Phi) is 5.46. The molecule has 0 heterocycles. The van der Waals surface area contributed by atoms with E-state index in [2.05, 4.69) is 26.1 Å². The van der Waals surface area contributed by atoms with Crippen molar-refractivity contribution in [3.8, 4) is 0 Å². The Morgan fingerprint density at radius 3 is 2.50 bits per heavy atom. The van der Waals surface area contributed by atoms with Gasteiger partial charge in [0, 0.05) is 19.7 Å². The first kappa shape index (κ1) is 11.9. The molecule has 3 heteroatoms. The third-order valence-electron chi connectivity index (χ3n) is 2.12. The van der Waals surface area contributed by atoms with Crippen molar-refractivity contribution in [2.75, 3.05) is 20.3 Å². The van der Waals surface area contributed by atoms with Crippen molar-refractivity contribution in [1.29, 1.82) is 0 Å². The van der Waals surface area contributed by atoms with Crippen LogP contribution in [-0.4, -0.2) is 31.8 Å². The zero-order valence-corrected chi connectivity index (χ0v) is 8.68. The molecule has 0 bridgehead atoms. The maximum Gasteiger partial charge on any atom is 0.0654 e. The lowest BCUT2D eigenvalue weighted by atomic mass is 10.0. The van der Waals surface area contributed by atoms with Gasteiger partial charge in [-0.3, -0.25) is 0 Å². The van der Waals surface area contributed by atoms with Crippen LogP contribution in [0.2, 0.25) is 0 Å². The van der Waals surface area contributed by atoms with Crippen molar-refractivity contribution in [2.45, 2.75) is 38.8 Å². The number of rotatable bonds is 6. The SMILES string of the molecule is CCC(C)NC(C)(CN)COC. The highest BCUT2D eigenvalue weighted by Crippen LogP contribution is 2.04. The van der Waals surface area contributed by atoms with Crippen LogP contribution in [0.5, 0.6) is 0 Å². The maximum atomic E-state index is 5.65. The second-order valence-electron chi connectivity index (χ2n) is 3.65. The minimum Gasteiger partial charge on any atom is -0.383 e. The fourth-order valence-corrected chi connectivity index (χ4v) is 1.18. The Labute approximate surface area is 75.7 Å². The van der Waals surface area contributed by atoms with E-state index in [0.717, 1.165) is 6.42 Å². The molecule has 2 atom stereocenters. The lowest BCUT2D eigenvalue weighted by Crippen LogP contribution is -2.55. The van der Waals surface area contributed by atoms with Crippen LogP contribution in [0.15, 0.2) is 0 Å². The van der Waals surface area contributed by atoms with Crippen LogP contribution in [0.4, 0.5) is 0 Å². The molecular weight excluding hydrogens is 152 g/mol. The molecule has 74 valence electrons. The van der Waals surface area contributed by atoms with Gasteiger partial charge >= 0.3 is 0 Å². The van der Waals surface area contributed by atoms with Crippen molar-refractivity contribution < 1.29 is 4.74 Å². The zero-order chi connectivity index (χ0) is 9.61. The van der Waals surface area contributed by atoms with Crippen LogP contribution >= 0.6 is 0 Å². The quantitative estimate of drug-likeness (QED) is 0.624. The topological polar surface area (TPSA) is 47.3 Å². The summed E-state index contributed by atoms with van der Waals surface area (Å²) < 4.78 is 5.10. The third-order valence-corrected chi connectivity index (χ3v) is 2.12. The fraction of sp³-hybridized carbons (Fsp3) is 1.00. The number of ether oxygens (including phenoxy) is 1. The van der Waals surface area contributed by atoms with E-state index in [-0.39, 0.29) is 5.54 Å². The summed E-state index contributed by atoms with van der Waals surface area (Å²) in [5, 5.41) is 3.44. The summed E-state index contributed by atoms with van der Waals surface area (Å²) in [6, 6.07) is 0.494. The lowest BCUT2D eigenvalue weighted by molar-refractivity contribution is 0.115. The van der Waals surface area contributed by atoms with Crippen molar-refractivity contribution >= 4 is 0 Å². The number of hydrogen-bond acceptors (Lipinski definition) is 3. The summed E-state index contributed by atoms with van der Waals surface area (Å²) in [6.45, 7) is 7.66. The van der Waals surface area contributed by atoms with Crippen LogP contribution < -0.4 is 11.1 Å². The minimum absolute atomic E-state index is 0.0792. The van der Waals surface area contributed by atoms with Crippen molar-refractivity contribution in [3.63, 3.8) is 0 Å². The van der Waals surface area contributed by atoms with E-state index in [1.165, 1.54) is 0 Å². The summed E-state index contributed by atoms with van der Waals surface area (Å²) in [5.41, 5.74) is 5.57. The van der Waals surface area contributed by atoms with Crippen LogP contribution in [0.1, 0.15) is 27.2 Å².